The Labute approximate surface area is 79.6 Å². The summed E-state index contributed by atoms with van der Waals surface area (Å²) >= 11 is 0. The fourth-order valence-electron chi connectivity index (χ4n) is 1.55. The van der Waals surface area contributed by atoms with E-state index in [0.717, 1.165) is 19.6 Å². The molecule has 2 heterocycles. The highest BCUT2D eigenvalue weighted by molar-refractivity contribution is 5.85. The van der Waals surface area contributed by atoms with Gasteiger partial charge in [-0.1, -0.05) is 6.08 Å². The average Bonchev–Trinajstić information content (AvgIpc) is 2.33. The molecule has 1 unspecified atom stereocenters. The summed E-state index contributed by atoms with van der Waals surface area (Å²) in [6.07, 6.45) is 3.58. The quantitative estimate of drug-likeness (QED) is 0.559. The fraction of sp³-hybridized carbons (Fsp3) is 0.714. The Morgan fingerprint density at radius 3 is 2.91 bits per heavy atom. The van der Waals surface area contributed by atoms with Gasteiger partial charge in [0.1, 0.15) is 0 Å². The predicted octanol–water partition coefficient (Wildman–Crippen LogP) is 0.721. The van der Waals surface area contributed by atoms with Gasteiger partial charge in [0, 0.05) is 19.1 Å². The van der Waals surface area contributed by atoms with E-state index in [2.05, 4.69) is 16.7 Å². The molecule has 66 valence electrons. The molecule has 1 atom stereocenters. The van der Waals surface area contributed by atoms with Crippen LogP contribution in [0, 0.1) is 0 Å². The van der Waals surface area contributed by atoms with Crippen molar-refractivity contribution in [3.05, 3.63) is 11.6 Å². The number of rotatable bonds is 0. The van der Waals surface area contributed by atoms with E-state index >= 15 is 0 Å². The van der Waals surface area contributed by atoms with Crippen molar-refractivity contribution in [2.24, 2.45) is 0 Å². The van der Waals surface area contributed by atoms with E-state index in [1.54, 1.807) is 5.57 Å². The minimum Gasteiger partial charge on any atom is -0.311 e. The second-order valence-corrected chi connectivity index (χ2v) is 2.71. The molecule has 11 heavy (non-hydrogen) atoms. The Hall–Kier alpha value is 0.240. The third kappa shape index (κ3) is 2.34. The highest BCUT2D eigenvalue weighted by atomic mass is 35.5. The highest BCUT2D eigenvalue weighted by Crippen LogP contribution is 2.11. The summed E-state index contributed by atoms with van der Waals surface area (Å²) in [5.41, 5.74) is 1.57. The monoisotopic (exact) mass is 196 g/mol. The van der Waals surface area contributed by atoms with Crippen LogP contribution >= 0.6 is 24.8 Å². The van der Waals surface area contributed by atoms with E-state index in [0.29, 0.717) is 6.04 Å². The molecule has 4 heteroatoms. The Morgan fingerprint density at radius 1 is 1.36 bits per heavy atom. The molecule has 0 aliphatic carbocycles. The number of halogens is 2. The highest BCUT2D eigenvalue weighted by Gasteiger charge is 2.20. The molecular formula is C7H14Cl2N2. The molecule has 2 N–H and O–H groups in total. The van der Waals surface area contributed by atoms with Gasteiger partial charge in [-0.3, -0.25) is 0 Å². The summed E-state index contributed by atoms with van der Waals surface area (Å²) in [5, 5.41) is 6.78. The molecule has 1 fully saturated rings. The van der Waals surface area contributed by atoms with Crippen LogP contribution in [-0.4, -0.2) is 25.7 Å². The van der Waals surface area contributed by atoms with Crippen molar-refractivity contribution in [1.29, 1.82) is 0 Å². The van der Waals surface area contributed by atoms with Gasteiger partial charge in [0.05, 0.1) is 0 Å². The van der Waals surface area contributed by atoms with E-state index in [1.807, 2.05) is 0 Å². The molecule has 2 aliphatic rings. The Morgan fingerprint density at radius 2 is 2.18 bits per heavy atom. The van der Waals surface area contributed by atoms with Gasteiger partial charge >= 0.3 is 0 Å². The maximum absolute atomic E-state index is 3.45. The second kappa shape index (κ2) is 4.99. The molecule has 0 aromatic carbocycles. The van der Waals surface area contributed by atoms with E-state index < -0.39 is 0 Å². The van der Waals surface area contributed by atoms with Crippen LogP contribution in [0.15, 0.2) is 11.6 Å². The average molecular weight is 197 g/mol. The molecule has 0 aromatic heterocycles. The number of hydrogen-bond donors (Lipinski definition) is 2. The van der Waals surface area contributed by atoms with Crippen molar-refractivity contribution in [3.63, 3.8) is 0 Å². The van der Waals surface area contributed by atoms with Crippen molar-refractivity contribution in [1.82, 2.24) is 10.6 Å². The van der Waals surface area contributed by atoms with E-state index in [9.17, 15) is 0 Å². The van der Waals surface area contributed by atoms with Gasteiger partial charge in [0.15, 0.2) is 0 Å². The first kappa shape index (κ1) is 11.2. The van der Waals surface area contributed by atoms with Gasteiger partial charge < -0.3 is 10.6 Å². The largest absolute Gasteiger partial charge is 0.311 e. The minimum absolute atomic E-state index is 0. The first-order valence-corrected chi connectivity index (χ1v) is 3.60. The molecule has 0 spiro atoms. The van der Waals surface area contributed by atoms with Gasteiger partial charge in [0.2, 0.25) is 0 Å². The molecule has 0 saturated carbocycles. The van der Waals surface area contributed by atoms with Gasteiger partial charge in [-0.2, -0.15) is 0 Å². The maximum Gasteiger partial charge on any atom is 0.0418 e. The van der Waals surface area contributed by atoms with Gasteiger partial charge in [0.25, 0.3) is 0 Å². The molecular weight excluding hydrogens is 183 g/mol. The zero-order chi connectivity index (χ0) is 6.10. The van der Waals surface area contributed by atoms with Crippen LogP contribution in [0.5, 0.6) is 0 Å². The van der Waals surface area contributed by atoms with Crippen molar-refractivity contribution in [2.75, 3.05) is 19.6 Å². The summed E-state index contributed by atoms with van der Waals surface area (Å²) in [7, 11) is 0. The topological polar surface area (TPSA) is 24.1 Å². The molecule has 0 amide bonds. The van der Waals surface area contributed by atoms with E-state index in [4.69, 9.17) is 0 Å². The molecule has 0 bridgehead atoms. The normalized spacial score (nSPS) is 27.6. The van der Waals surface area contributed by atoms with Crippen LogP contribution in [0.4, 0.5) is 0 Å². The molecule has 2 rings (SSSR count). The first-order chi connectivity index (χ1) is 4.47. The summed E-state index contributed by atoms with van der Waals surface area (Å²) in [4.78, 5) is 0. The Bertz CT molecular complexity index is 147. The lowest BCUT2D eigenvalue weighted by atomic mass is 10.1. The zero-order valence-corrected chi connectivity index (χ0v) is 7.93. The van der Waals surface area contributed by atoms with Gasteiger partial charge in [-0.25, -0.2) is 0 Å². The summed E-state index contributed by atoms with van der Waals surface area (Å²) < 4.78 is 0. The summed E-state index contributed by atoms with van der Waals surface area (Å²) in [5.74, 6) is 0. The van der Waals surface area contributed by atoms with Crippen LogP contribution in [0.1, 0.15) is 6.42 Å². The Balaban J connectivity index is 0.000000500. The third-order valence-corrected chi connectivity index (χ3v) is 2.07. The molecule has 2 nitrogen and oxygen atoms in total. The predicted molar refractivity (Wildman–Crippen MR) is 51.9 cm³/mol. The minimum atomic E-state index is 0. The molecule has 0 radical (unpaired) electrons. The molecule has 2 aliphatic heterocycles. The zero-order valence-electron chi connectivity index (χ0n) is 6.30. The number of hydrogen-bond acceptors (Lipinski definition) is 2. The lowest BCUT2D eigenvalue weighted by molar-refractivity contribution is 0.579. The smallest absolute Gasteiger partial charge is 0.0418 e. The van der Waals surface area contributed by atoms with Crippen LogP contribution in [0.2, 0.25) is 0 Å². The first-order valence-electron chi connectivity index (χ1n) is 3.60. The number of fused-ring (bicyclic) bond motifs is 1. The standard InChI is InChI=1S/C7H12N2.2ClH/c1-2-6-4-8-5-7(6)9-3-1;;/h2,7-9H,1,3-5H2;2*1H. The summed E-state index contributed by atoms with van der Waals surface area (Å²) in [6.45, 7) is 3.40. The lowest BCUT2D eigenvalue weighted by Gasteiger charge is -2.17. The second-order valence-electron chi connectivity index (χ2n) is 2.71. The SMILES string of the molecule is C1=C2CNCC2NCC1.Cl.Cl. The van der Waals surface area contributed by atoms with Gasteiger partial charge in [-0.05, 0) is 18.5 Å². The lowest BCUT2D eigenvalue weighted by Crippen LogP contribution is -2.35. The van der Waals surface area contributed by atoms with Crippen molar-refractivity contribution in [2.45, 2.75) is 12.5 Å². The maximum atomic E-state index is 3.45. The van der Waals surface area contributed by atoms with Crippen molar-refractivity contribution in [3.8, 4) is 0 Å². The molecule has 1 saturated heterocycles. The van der Waals surface area contributed by atoms with Crippen molar-refractivity contribution >= 4 is 24.8 Å². The van der Waals surface area contributed by atoms with E-state index in [-0.39, 0.29) is 24.8 Å². The van der Waals surface area contributed by atoms with E-state index in [1.165, 1.54) is 6.42 Å². The molecule has 0 aromatic rings. The third-order valence-electron chi connectivity index (χ3n) is 2.07. The van der Waals surface area contributed by atoms with Crippen LogP contribution in [-0.2, 0) is 0 Å². The van der Waals surface area contributed by atoms with Crippen LogP contribution in [0.3, 0.4) is 0 Å². The number of nitrogens with one attached hydrogen (secondary N) is 2. The summed E-state index contributed by atoms with van der Waals surface area (Å²) in [6, 6.07) is 0.666. The van der Waals surface area contributed by atoms with Crippen molar-refractivity contribution < 1.29 is 0 Å². The van der Waals surface area contributed by atoms with Crippen LogP contribution in [0.25, 0.3) is 0 Å². The van der Waals surface area contributed by atoms with Gasteiger partial charge in [-0.15, -0.1) is 24.8 Å². The van der Waals surface area contributed by atoms with Crippen LogP contribution < -0.4 is 10.6 Å². The fourth-order valence-corrected chi connectivity index (χ4v) is 1.55. The Kier molecular flexibility index (Phi) is 5.10.